The molecule has 60 valence electrons. The third-order valence-electron chi connectivity index (χ3n) is 1.20. The van der Waals surface area contributed by atoms with Gasteiger partial charge in [-0.2, -0.15) is 0 Å². The number of carbonyl (C=O) groups excluding carboxylic acids is 1. The standard InChI is InChI=1S/C7H7ClO3/c1-10-7(9)6(8)5-3-2-4-11-5/h2-4,6H,1H3. The molecule has 0 amide bonds. The Morgan fingerprint density at radius 1 is 1.82 bits per heavy atom. The van der Waals surface area contributed by atoms with Gasteiger partial charge < -0.3 is 9.15 Å². The van der Waals surface area contributed by atoms with E-state index in [-0.39, 0.29) is 0 Å². The largest absolute Gasteiger partial charge is 0.468 e. The number of ether oxygens (including phenoxy) is 1. The smallest absolute Gasteiger partial charge is 0.331 e. The van der Waals surface area contributed by atoms with Crippen molar-refractivity contribution in [3.63, 3.8) is 0 Å². The molecule has 0 aliphatic carbocycles. The van der Waals surface area contributed by atoms with Crippen LogP contribution in [0.3, 0.4) is 0 Å². The van der Waals surface area contributed by atoms with Crippen LogP contribution in [0.25, 0.3) is 0 Å². The number of hydrogen-bond donors (Lipinski definition) is 0. The van der Waals surface area contributed by atoms with Crippen molar-refractivity contribution >= 4 is 17.6 Å². The second-order valence-electron chi connectivity index (χ2n) is 1.90. The van der Waals surface area contributed by atoms with Crippen LogP contribution >= 0.6 is 11.6 Å². The van der Waals surface area contributed by atoms with Gasteiger partial charge in [0.2, 0.25) is 0 Å². The summed E-state index contributed by atoms with van der Waals surface area (Å²) in [5.41, 5.74) is 0. The van der Waals surface area contributed by atoms with Crippen LogP contribution in [0.4, 0.5) is 0 Å². The fraction of sp³-hybridized carbons (Fsp3) is 0.286. The van der Waals surface area contributed by atoms with E-state index in [1.807, 2.05) is 0 Å². The predicted octanol–water partition coefficient (Wildman–Crippen LogP) is 1.73. The van der Waals surface area contributed by atoms with Gasteiger partial charge >= 0.3 is 5.97 Å². The molecular formula is C7H7ClO3. The minimum absolute atomic E-state index is 0.401. The molecule has 1 atom stereocenters. The van der Waals surface area contributed by atoms with Crippen molar-refractivity contribution < 1.29 is 13.9 Å². The number of furan rings is 1. The minimum Gasteiger partial charge on any atom is -0.468 e. The molecule has 0 N–H and O–H groups in total. The summed E-state index contributed by atoms with van der Waals surface area (Å²) in [6, 6.07) is 3.28. The summed E-state index contributed by atoms with van der Waals surface area (Å²) in [6.07, 6.45) is 1.45. The Hall–Kier alpha value is -0.960. The molecule has 0 bridgehead atoms. The van der Waals surface area contributed by atoms with E-state index in [0.29, 0.717) is 5.76 Å². The Kier molecular flexibility index (Phi) is 2.54. The topological polar surface area (TPSA) is 39.4 Å². The third kappa shape index (κ3) is 1.74. The van der Waals surface area contributed by atoms with Crippen LogP contribution in [-0.2, 0) is 9.53 Å². The molecule has 0 spiro atoms. The third-order valence-corrected chi connectivity index (χ3v) is 1.59. The average Bonchev–Trinajstić information content (AvgIpc) is 2.53. The van der Waals surface area contributed by atoms with E-state index in [1.54, 1.807) is 12.1 Å². The SMILES string of the molecule is COC(=O)C(Cl)c1ccco1. The molecule has 1 heterocycles. The highest BCUT2D eigenvalue weighted by Gasteiger charge is 2.20. The van der Waals surface area contributed by atoms with Crippen molar-refractivity contribution in [3.05, 3.63) is 24.2 Å². The van der Waals surface area contributed by atoms with Gasteiger partial charge in [-0.05, 0) is 12.1 Å². The molecule has 1 aromatic rings. The Morgan fingerprint density at radius 2 is 2.55 bits per heavy atom. The van der Waals surface area contributed by atoms with Crippen molar-refractivity contribution in [1.29, 1.82) is 0 Å². The van der Waals surface area contributed by atoms with Gasteiger partial charge in [-0.15, -0.1) is 11.6 Å². The minimum atomic E-state index is -0.838. The highest BCUT2D eigenvalue weighted by molar-refractivity contribution is 6.29. The van der Waals surface area contributed by atoms with E-state index in [2.05, 4.69) is 4.74 Å². The van der Waals surface area contributed by atoms with E-state index in [4.69, 9.17) is 16.0 Å². The number of halogens is 1. The van der Waals surface area contributed by atoms with Crippen molar-refractivity contribution in [2.24, 2.45) is 0 Å². The molecule has 0 aliphatic rings. The first-order valence-corrected chi connectivity index (χ1v) is 3.44. The van der Waals surface area contributed by atoms with Crippen LogP contribution in [-0.4, -0.2) is 13.1 Å². The number of carbonyl (C=O) groups is 1. The van der Waals surface area contributed by atoms with Gasteiger partial charge in [-0.1, -0.05) is 0 Å². The predicted molar refractivity (Wildman–Crippen MR) is 39.3 cm³/mol. The number of methoxy groups -OCH3 is 1. The monoisotopic (exact) mass is 174 g/mol. The fourth-order valence-electron chi connectivity index (χ4n) is 0.655. The molecule has 0 saturated carbocycles. The summed E-state index contributed by atoms with van der Waals surface area (Å²) >= 11 is 5.63. The van der Waals surface area contributed by atoms with E-state index in [0.717, 1.165) is 0 Å². The molecule has 3 nitrogen and oxygen atoms in total. The van der Waals surface area contributed by atoms with Gasteiger partial charge in [-0.3, -0.25) is 0 Å². The molecule has 0 aromatic carbocycles. The molecule has 1 rings (SSSR count). The zero-order valence-electron chi connectivity index (χ0n) is 5.91. The van der Waals surface area contributed by atoms with Gasteiger partial charge in [0.25, 0.3) is 0 Å². The zero-order valence-corrected chi connectivity index (χ0v) is 6.67. The molecule has 0 aliphatic heterocycles. The lowest BCUT2D eigenvalue weighted by molar-refractivity contribution is -0.140. The number of rotatable bonds is 2. The number of alkyl halides is 1. The van der Waals surface area contributed by atoms with Crippen molar-refractivity contribution in [3.8, 4) is 0 Å². The second-order valence-corrected chi connectivity index (χ2v) is 2.34. The number of hydrogen-bond acceptors (Lipinski definition) is 3. The normalized spacial score (nSPS) is 12.5. The Labute approximate surface area is 68.9 Å². The van der Waals surface area contributed by atoms with Crippen LogP contribution < -0.4 is 0 Å². The molecule has 11 heavy (non-hydrogen) atoms. The first-order valence-electron chi connectivity index (χ1n) is 3.01. The summed E-state index contributed by atoms with van der Waals surface area (Å²) in [5.74, 6) is -0.111. The van der Waals surface area contributed by atoms with Crippen LogP contribution in [0.2, 0.25) is 0 Å². The van der Waals surface area contributed by atoms with Crippen LogP contribution in [0.5, 0.6) is 0 Å². The Bertz CT molecular complexity index is 230. The highest BCUT2D eigenvalue weighted by atomic mass is 35.5. The lowest BCUT2D eigenvalue weighted by Gasteiger charge is -2.01. The Balaban J connectivity index is 2.70. The van der Waals surface area contributed by atoms with E-state index < -0.39 is 11.3 Å². The van der Waals surface area contributed by atoms with Crippen molar-refractivity contribution in [2.45, 2.75) is 5.38 Å². The maximum atomic E-state index is 10.8. The summed E-state index contributed by atoms with van der Waals surface area (Å²) < 4.78 is 9.29. The maximum Gasteiger partial charge on any atom is 0.331 e. The molecule has 0 saturated heterocycles. The van der Waals surface area contributed by atoms with Gasteiger partial charge in [-0.25, -0.2) is 4.79 Å². The molecule has 4 heteroatoms. The van der Waals surface area contributed by atoms with Crippen molar-refractivity contribution in [1.82, 2.24) is 0 Å². The lowest BCUT2D eigenvalue weighted by Crippen LogP contribution is -2.07. The summed E-state index contributed by atoms with van der Waals surface area (Å²) in [6.45, 7) is 0. The molecule has 0 fully saturated rings. The summed E-state index contributed by atoms with van der Waals surface area (Å²) in [4.78, 5) is 10.8. The number of esters is 1. The Morgan fingerprint density at radius 3 is 3.00 bits per heavy atom. The van der Waals surface area contributed by atoms with Crippen LogP contribution in [0.1, 0.15) is 11.1 Å². The van der Waals surface area contributed by atoms with Crippen LogP contribution in [0, 0.1) is 0 Å². The highest BCUT2D eigenvalue weighted by Crippen LogP contribution is 2.21. The van der Waals surface area contributed by atoms with Gasteiger partial charge in [0.1, 0.15) is 5.76 Å². The van der Waals surface area contributed by atoms with Gasteiger partial charge in [0, 0.05) is 0 Å². The summed E-state index contributed by atoms with van der Waals surface area (Å²) in [5, 5.41) is -0.838. The molecule has 1 aromatic heterocycles. The second kappa shape index (κ2) is 3.44. The quantitative estimate of drug-likeness (QED) is 0.507. The lowest BCUT2D eigenvalue weighted by atomic mass is 10.3. The molecule has 0 radical (unpaired) electrons. The van der Waals surface area contributed by atoms with Crippen molar-refractivity contribution in [2.75, 3.05) is 7.11 Å². The first-order chi connectivity index (χ1) is 5.25. The van der Waals surface area contributed by atoms with Crippen LogP contribution in [0.15, 0.2) is 22.8 Å². The zero-order chi connectivity index (χ0) is 8.27. The van der Waals surface area contributed by atoms with Gasteiger partial charge in [0.05, 0.1) is 13.4 Å². The van der Waals surface area contributed by atoms with E-state index in [1.165, 1.54) is 13.4 Å². The van der Waals surface area contributed by atoms with E-state index in [9.17, 15) is 4.79 Å². The fourth-order valence-corrected chi connectivity index (χ4v) is 0.868. The maximum absolute atomic E-state index is 10.8. The molecular weight excluding hydrogens is 168 g/mol. The first kappa shape index (κ1) is 8.14. The summed E-state index contributed by atoms with van der Waals surface area (Å²) in [7, 11) is 1.28. The molecule has 1 unspecified atom stereocenters. The van der Waals surface area contributed by atoms with E-state index >= 15 is 0 Å². The average molecular weight is 175 g/mol. The van der Waals surface area contributed by atoms with Gasteiger partial charge in [0.15, 0.2) is 5.38 Å².